The fraction of sp³-hybridized carbons (Fsp3) is 0.500. The molecule has 0 unspecified atom stereocenters. The van der Waals surface area contributed by atoms with Crippen molar-refractivity contribution in [2.45, 2.75) is 13.8 Å². The molecular weight excluding hydrogens is 268 g/mol. The molecule has 1 aromatic heterocycles. The lowest BCUT2D eigenvalue weighted by Gasteiger charge is -2.19. The lowest BCUT2D eigenvalue weighted by molar-refractivity contribution is -0.119. The van der Waals surface area contributed by atoms with Gasteiger partial charge in [-0.15, -0.1) is 0 Å². The first-order valence-electron chi connectivity index (χ1n) is 6.15. The largest absolute Gasteiger partial charge is 0.354 e. The zero-order chi connectivity index (χ0) is 15.3. The van der Waals surface area contributed by atoms with E-state index < -0.39 is 11.6 Å². The summed E-state index contributed by atoms with van der Waals surface area (Å²) in [6, 6.07) is 0.667. The maximum absolute atomic E-state index is 13.6. The first-order chi connectivity index (χ1) is 9.35. The number of hydrazine groups is 1. The Morgan fingerprint density at radius 3 is 2.65 bits per heavy atom. The number of carbonyl (C=O) groups excluding carboxylic acids is 1. The first kappa shape index (κ1) is 16.1. The quantitative estimate of drug-likeness (QED) is 0.534. The minimum absolute atomic E-state index is 0.0910. The Balaban J connectivity index is 2.76. The molecule has 8 heteroatoms. The van der Waals surface area contributed by atoms with Crippen LogP contribution in [0, 0.1) is 17.6 Å². The lowest BCUT2D eigenvalue weighted by Crippen LogP contribution is -2.37. The van der Waals surface area contributed by atoms with Gasteiger partial charge >= 0.3 is 0 Å². The molecule has 0 saturated heterocycles. The summed E-state index contributed by atoms with van der Waals surface area (Å²) in [5, 5.41) is 2.70. The molecule has 0 bridgehead atoms. The maximum atomic E-state index is 13.6. The van der Waals surface area contributed by atoms with Gasteiger partial charge in [-0.05, 0) is 5.92 Å². The van der Waals surface area contributed by atoms with E-state index in [9.17, 15) is 13.6 Å². The fourth-order valence-electron chi connectivity index (χ4n) is 1.49. The number of nitrogens with two attached hydrogens (primary N) is 1. The number of nitrogens with one attached hydrogen (secondary N) is 2. The first-order valence-corrected chi connectivity index (χ1v) is 6.15. The molecule has 0 aromatic carbocycles. The van der Waals surface area contributed by atoms with Crippen LogP contribution in [0.2, 0.25) is 0 Å². The van der Waals surface area contributed by atoms with Crippen molar-refractivity contribution in [1.29, 1.82) is 0 Å². The molecule has 0 fully saturated rings. The minimum Gasteiger partial charge on any atom is -0.354 e. The van der Waals surface area contributed by atoms with Gasteiger partial charge in [-0.2, -0.15) is 0 Å². The van der Waals surface area contributed by atoms with Crippen LogP contribution in [-0.2, 0) is 4.79 Å². The third-order valence-corrected chi connectivity index (χ3v) is 2.50. The summed E-state index contributed by atoms with van der Waals surface area (Å²) in [6.07, 6.45) is 0. The molecule has 0 aliphatic carbocycles. The Labute approximate surface area is 116 Å². The summed E-state index contributed by atoms with van der Waals surface area (Å²) in [7, 11) is 1.48. The monoisotopic (exact) mass is 287 g/mol. The van der Waals surface area contributed by atoms with Gasteiger partial charge in [0.05, 0.1) is 6.54 Å². The molecule has 112 valence electrons. The molecule has 1 amide bonds. The normalized spacial score (nSPS) is 10.6. The van der Waals surface area contributed by atoms with E-state index in [1.807, 2.05) is 19.3 Å². The highest BCUT2D eigenvalue weighted by Crippen LogP contribution is 2.20. The molecule has 0 spiro atoms. The van der Waals surface area contributed by atoms with Crippen LogP contribution < -0.4 is 21.5 Å². The summed E-state index contributed by atoms with van der Waals surface area (Å²) in [6.45, 7) is 4.36. The van der Waals surface area contributed by atoms with E-state index in [0.717, 1.165) is 0 Å². The second-order valence-corrected chi connectivity index (χ2v) is 4.82. The van der Waals surface area contributed by atoms with Crippen LogP contribution >= 0.6 is 0 Å². The van der Waals surface area contributed by atoms with E-state index in [0.29, 0.717) is 18.5 Å². The number of hydrogen-bond donors (Lipinski definition) is 3. The van der Waals surface area contributed by atoms with Gasteiger partial charge in [-0.25, -0.2) is 19.6 Å². The Morgan fingerprint density at radius 1 is 1.45 bits per heavy atom. The summed E-state index contributed by atoms with van der Waals surface area (Å²) in [5.74, 6) is 2.93. The van der Waals surface area contributed by atoms with Crippen molar-refractivity contribution in [3.8, 4) is 0 Å². The van der Waals surface area contributed by atoms with E-state index in [-0.39, 0.29) is 24.1 Å². The SMILES string of the molecule is CC(C)CNC(=O)CN(C)c1nc(NN)c(F)cc1F. The van der Waals surface area contributed by atoms with Crippen molar-refractivity contribution in [2.24, 2.45) is 11.8 Å². The van der Waals surface area contributed by atoms with Crippen molar-refractivity contribution < 1.29 is 13.6 Å². The molecule has 6 nitrogen and oxygen atoms in total. The fourth-order valence-corrected chi connectivity index (χ4v) is 1.49. The molecule has 1 rings (SSSR count). The molecule has 0 saturated carbocycles. The van der Waals surface area contributed by atoms with E-state index in [4.69, 9.17) is 5.84 Å². The number of hydrogen-bond acceptors (Lipinski definition) is 5. The minimum atomic E-state index is -0.897. The topological polar surface area (TPSA) is 83.3 Å². The Hall–Kier alpha value is -1.96. The molecule has 0 radical (unpaired) electrons. The van der Waals surface area contributed by atoms with Gasteiger partial charge in [0, 0.05) is 19.7 Å². The third-order valence-electron chi connectivity index (χ3n) is 2.50. The number of likely N-dealkylation sites (N-methyl/N-ethyl adjacent to an activating group) is 1. The molecule has 20 heavy (non-hydrogen) atoms. The Morgan fingerprint density at radius 2 is 2.10 bits per heavy atom. The molecule has 0 aliphatic heterocycles. The maximum Gasteiger partial charge on any atom is 0.239 e. The van der Waals surface area contributed by atoms with Crippen LogP contribution in [0.4, 0.5) is 20.4 Å². The molecule has 0 aliphatic rings. The molecule has 1 heterocycles. The number of amides is 1. The number of halogens is 2. The van der Waals surface area contributed by atoms with Crippen LogP contribution in [0.25, 0.3) is 0 Å². The number of pyridine rings is 1. The second kappa shape index (κ2) is 6.99. The van der Waals surface area contributed by atoms with Gasteiger partial charge in [0.25, 0.3) is 0 Å². The number of nitrogens with zero attached hydrogens (tertiary/aromatic N) is 2. The molecular formula is C12H19F2N5O. The van der Waals surface area contributed by atoms with Gasteiger partial charge in [0.2, 0.25) is 5.91 Å². The highest BCUT2D eigenvalue weighted by atomic mass is 19.1. The summed E-state index contributed by atoms with van der Waals surface area (Å²) >= 11 is 0. The van der Waals surface area contributed by atoms with Crippen LogP contribution in [0.3, 0.4) is 0 Å². The van der Waals surface area contributed by atoms with Gasteiger partial charge < -0.3 is 15.6 Å². The smallest absolute Gasteiger partial charge is 0.239 e. The van der Waals surface area contributed by atoms with E-state index in [2.05, 4.69) is 10.3 Å². The van der Waals surface area contributed by atoms with Crippen molar-refractivity contribution in [3.05, 3.63) is 17.7 Å². The number of rotatable bonds is 6. The number of nitrogen functional groups attached to an aromatic ring is 1. The average molecular weight is 287 g/mol. The third kappa shape index (κ3) is 4.30. The number of carbonyl (C=O) groups is 1. The van der Waals surface area contributed by atoms with Crippen LogP contribution in [0.1, 0.15) is 13.8 Å². The lowest BCUT2D eigenvalue weighted by atomic mass is 10.2. The summed E-state index contributed by atoms with van der Waals surface area (Å²) < 4.78 is 26.9. The van der Waals surface area contributed by atoms with Crippen molar-refractivity contribution in [3.63, 3.8) is 0 Å². The zero-order valence-electron chi connectivity index (χ0n) is 11.7. The molecule has 4 N–H and O–H groups in total. The average Bonchev–Trinajstić information content (AvgIpc) is 2.36. The van der Waals surface area contributed by atoms with Gasteiger partial charge in [-0.3, -0.25) is 4.79 Å². The number of anilines is 2. The van der Waals surface area contributed by atoms with Gasteiger partial charge in [0.1, 0.15) is 0 Å². The zero-order valence-corrected chi connectivity index (χ0v) is 11.7. The summed E-state index contributed by atoms with van der Waals surface area (Å²) in [4.78, 5) is 16.6. The highest BCUT2D eigenvalue weighted by Gasteiger charge is 2.16. The van der Waals surface area contributed by atoms with Gasteiger partial charge in [-0.1, -0.05) is 13.8 Å². The number of aromatic nitrogens is 1. The Kier molecular flexibility index (Phi) is 5.63. The van der Waals surface area contributed by atoms with E-state index in [1.54, 1.807) is 0 Å². The van der Waals surface area contributed by atoms with E-state index in [1.165, 1.54) is 11.9 Å². The summed E-state index contributed by atoms with van der Waals surface area (Å²) in [5.41, 5.74) is 2.03. The van der Waals surface area contributed by atoms with E-state index >= 15 is 0 Å². The van der Waals surface area contributed by atoms with Crippen molar-refractivity contribution in [2.75, 3.05) is 30.5 Å². The molecule has 0 atom stereocenters. The van der Waals surface area contributed by atoms with Crippen LogP contribution in [-0.4, -0.2) is 31.0 Å². The van der Waals surface area contributed by atoms with Crippen LogP contribution in [0.5, 0.6) is 0 Å². The second-order valence-electron chi connectivity index (χ2n) is 4.82. The standard InChI is InChI=1S/C12H19F2N5O/c1-7(2)5-16-10(20)6-19(3)12-9(14)4-8(13)11(17-12)18-15/h4,7H,5-6,15H2,1-3H3,(H,16,20)(H,17,18). The highest BCUT2D eigenvalue weighted by molar-refractivity contribution is 5.81. The van der Waals surface area contributed by atoms with Crippen LogP contribution in [0.15, 0.2) is 6.07 Å². The van der Waals surface area contributed by atoms with Gasteiger partial charge in [0.15, 0.2) is 23.3 Å². The predicted octanol–water partition coefficient (Wildman–Crippen LogP) is 0.854. The van der Waals surface area contributed by atoms with Crippen molar-refractivity contribution >= 4 is 17.5 Å². The molecule has 1 aromatic rings. The predicted molar refractivity (Wildman–Crippen MR) is 73.1 cm³/mol. The Bertz CT molecular complexity index is 481. The van der Waals surface area contributed by atoms with Crippen molar-refractivity contribution in [1.82, 2.24) is 10.3 Å².